The normalized spacial score (nSPS) is 12.7. The van der Waals surface area contributed by atoms with Crippen molar-refractivity contribution in [1.82, 2.24) is 10.2 Å². The highest BCUT2D eigenvalue weighted by molar-refractivity contribution is 7.15. The van der Waals surface area contributed by atoms with Gasteiger partial charge in [0.1, 0.15) is 10.8 Å². The maximum atomic E-state index is 13.0. The zero-order valence-corrected chi connectivity index (χ0v) is 12.9. The zero-order valence-electron chi connectivity index (χ0n) is 12.1. The number of nitrogens with one attached hydrogen (secondary N) is 1. The molecule has 1 N–H and O–H groups in total. The fraction of sp³-hybridized carbons (Fsp3) is 0.467. The van der Waals surface area contributed by atoms with Gasteiger partial charge in [0.25, 0.3) is 0 Å². The highest BCUT2D eigenvalue weighted by Crippen LogP contribution is 2.25. The number of hydrogen-bond acceptors (Lipinski definition) is 4. The minimum absolute atomic E-state index is 0.135. The van der Waals surface area contributed by atoms with Gasteiger partial charge < -0.3 is 5.32 Å². The van der Waals surface area contributed by atoms with Gasteiger partial charge in [0.2, 0.25) is 5.13 Å². The monoisotopic (exact) mass is 293 g/mol. The van der Waals surface area contributed by atoms with Gasteiger partial charge >= 0.3 is 0 Å². The lowest BCUT2D eigenvalue weighted by atomic mass is 10.1. The first-order chi connectivity index (χ1) is 9.58. The highest BCUT2D eigenvalue weighted by Gasteiger charge is 2.12. The second kappa shape index (κ2) is 6.79. The number of benzene rings is 1. The molecule has 0 spiro atoms. The predicted octanol–water partition coefficient (Wildman–Crippen LogP) is 4.44. The molecule has 0 bridgehead atoms. The van der Waals surface area contributed by atoms with Crippen molar-refractivity contribution < 1.29 is 4.39 Å². The number of anilines is 1. The molecule has 2 aromatic rings. The van der Waals surface area contributed by atoms with Crippen LogP contribution in [-0.4, -0.2) is 10.2 Å². The molecule has 0 radical (unpaired) electrons. The molecule has 0 aliphatic carbocycles. The van der Waals surface area contributed by atoms with Crippen molar-refractivity contribution >= 4 is 16.5 Å². The number of rotatable bonds is 6. The maximum absolute atomic E-state index is 13.0. The fourth-order valence-electron chi connectivity index (χ4n) is 2.01. The molecular weight excluding hydrogens is 273 g/mol. The van der Waals surface area contributed by atoms with Gasteiger partial charge in [0.05, 0.1) is 6.04 Å². The van der Waals surface area contributed by atoms with Crippen molar-refractivity contribution in [1.29, 1.82) is 0 Å². The van der Waals surface area contributed by atoms with Crippen LogP contribution in [0.1, 0.15) is 43.8 Å². The summed E-state index contributed by atoms with van der Waals surface area (Å²) in [5.74, 6) is 0.369. The number of aromatic nitrogens is 2. The largest absolute Gasteiger partial charge is 0.353 e. The molecule has 1 atom stereocenters. The molecule has 0 aliphatic rings. The zero-order chi connectivity index (χ0) is 14.5. The van der Waals surface area contributed by atoms with Crippen LogP contribution in [0, 0.1) is 11.7 Å². The van der Waals surface area contributed by atoms with E-state index in [0.29, 0.717) is 5.92 Å². The standard InChI is InChI=1S/C15H20FN3S/c1-4-13(11-5-7-12(16)8-6-11)17-15-19-18-14(20-15)9-10(2)3/h5-8,10,13H,4,9H2,1-3H3,(H,17,19). The van der Waals surface area contributed by atoms with Crippen molar-refractivity contribution in [2.45, 2.75) is 39.7 Å². The average molecular weight is 293 g/mol. The third-order valence-electron chi connectivity index (χ3n) is 3.03. The molecule has 108 valence electrons. The third kappa shape index (κ3) is 4.00. The smallest absolute Gasteiger partial charge is 0.206 e. The van der Waals surface area contributed by atoms with Gasteiger partial charge in [-0.15, -0.1) is 10.2 Å². The molecule has 20 heavy (non-hydrogen) atoms. The lowest BCUT2D eigenvalue weighted by Gasteiger charge is -2.16. The minimum Gasteiger partial charge on any atom is -0.353 e. The van der Waals surface area contributed by atoms with Gasteiger partial charge in [-0.25, -0.2) is 4.39 Å². The number of hydrogen-bond donors (Lipinski definition) is 1. The molecule has 2 rings (SSSR count). The lowest BCUT2D eigenvalue weighted by molar-refractivity contribution is 0.625. The fourth-order valence-corrected chi connectivity index (χ4v) is 3.01. The summed E-state index contributed by atoms with van der Waals surface area (Å²) in [7, 11) is 0. The van der Waals surface area contributed by atoms with E-state index in [1.165, 1.54) is 12.1 Å². The average Bonchev–Trinajstić information content (AvgIpc) is 2.83. The Bertz CT molecular complexity index is 536. The number of nitrogens with zero attached hydrogens (tertiary/aromatic N) is 2. The topological polar surface area (TPSA) is 37.8 Å². The molecule has 1 aromatic heterocycles. The summed E-state index contributed by atoms with van der Waals surface area (Å²) < 4.78 is 13.0. The molecule has 0 aliphatic heterocycles. The van der Waals surface area contributed by atoms with Gasteiger partial charge in [-0.05, 0) is 30.0 Å². The Morgan fingerprint density at radius 1 is 1.20 bits per heavy atom. The summed E-state index contributed by atoms with van der Waals surface area (Å²) in [5.41, 5.74) is 1.06. The second-order valence-electron chi connectivity index (χ2n) is 5.26. The summed E-state index contributed by atoms with van der Waals surface area (Å²) >= 11 is 1.60. The Balaban J connectivity index is 2.06. The molecule has 1 aromatic carbocycles. The second-order valence-corrected chi connectivity index (χ2v) is 6.32. The van der Waals surface area contributed by atoms with E-state index in [9.17, 15) is 4.39 Å². The predicted molar refractivity (Wildman–Crippen MR) is 81.5 cm³/mol. The Morgan fingerprint density at radius 2 is 1.90 bits per heavy atom. The van der Waals surface area contributed by atoms with Crippen molar-refractivity contribution in [3.63, 3.8) is 0 Å². The summed E-state index contributed by atoms with van der Waals surface area (Å²) in [6, 6.07) is 6.74. The third-order valence-corrected chi connectivity index (χ3v) is 3.90. The molecule has 1 heterocycles. The molecular formula is C15H20FN3S. The molecule has 0 fully saturated rings. The van der Waals surface area contributed by atoms with Gasteiger partial charge in [-0.1, -0.05) is 44.2 Å². The van der Waals surface area contributed by atoms with Crippen molar-refractivity contribution in [2.24, 2.45) is 5.92 Å². The molecule has 0 saturated carbocycles. The Morgan fingerprint density at radius 3 is 2.50 bits per heavy atom. The van der Waals surface area contributed by atoms with Crippen molar-refractivity contribution in [3.05, 3.63) is 40.7 Å². The highest BCUT2D eigenvalue weighted by atomic mass is 32.1. The van der Waals surface area contributed by atoms with Crippen LogP contribution in [0.4, 0.5) is 9.52 Å². The molecule has 5 heteroatoms. The lowest BCUT2D eigenvalue weighted by Crippen LogP contribution is -2.09. The van der Waals surface area contributed by atoms with Crippen LogP contribution < -0.4 is 5.32 Å². The first-order valence-electron chi connectivity index (χ1n) is 6.93. The number of halogens is 1. The van der Waals surface area contributed by atoms with E-state index >= 15 is 0 Å². The molecule has 3 nitrogen and oxygen atoms in total. The molecule has 0 amide bonds. The van der Waals surface area contributed by atoms with Crippen LogP contribution in [0.5, 0.6) is 0 Å². The first kappa shape index (κ1) is 14.9. The van der Waals surface area contributed by atoms with E-state index in [-0.39, 0.29) is 11.9 Å². The Kier molecular flexibility index (Phi) is 5.06. The van der Waals surface area contributed by atoms with Crippen LogP contribution >= 0.6 is 11.3 Å². The first-order valence-corrected chi connectivity index (χ1v) is 7.74. The van der Waals surface area contributed by atoms with E-state index < -0.39 is 0 Å². The van der Waals surface area contributed by atoms with Gasteiger partial charge in [0, 0.05) is 6.42 Å². The summed E-state index contributed by atoms with van der Waals surface area (Å²) in [6.07, 6.45) is 1.86. The van der Waals surface area contributed by atoms with E-state index in [1.54, 1.807) is 11.3 Å². The molecule has 1 unspecified atom stereocenters. The van der Waals surface area contributed by atoms with E-state index in [4.69, 9.17) is 0 Å². The van der Waals surface area contributed by atoms with Crippen LogP contribution in [0.25, 0.3) is 0 Å². The van der Waals surface area contributed by atoms with E-state index in [2.05, 4.69) is 36.3 Å². The molecule has 0 saturated heterocycles. The minimum atomic E-state index is -0.210. The SMILES string of the molecule is CCC(Nc1nnc(CC(C)C)s1)c1ccc(F)cc1. The summed E-state index contributed by atoms with van der Waals surface area (Å²) in [4.78, 5) is 0. The quantitative estimate of drug-likeness (QED) is 0.855. The van der Waals surface area contributed by atoms with E-state index in [0.717, 1.165) is 28.5 Å². The summed E-state index contributed by atoms with van der Waals surface area (Å²) in [6.45, 7) is 6.43. The van der Waals surface area contributed by atoms with Crippen molar-refractivity contribution in [3.8, 4) is 0 Å². The Hall–Kier alpha value is -1.49. The summed E-state index contributed by atoms with van der Waals surface area (Å²) in [5, 5.41) is 13.6. The van der Waals surface area contributed by atoms with Crippen LogP contribution in [0.3, 0.4) is 0 Å². The van der Waals surface area contributed by atoms with Gasteiger partial charge in [-0.3, -0.25) is 0 Å². The van der Waals surface area contributed by atoms with Crippen LogP contribution in [0.15, 0.2) is 24.3 Å². The van der Waals surface area contributed by atoms with Crippen LogP contribution in [-0.2, 0) is 6.42 Å². The van der Waals surface area contributed by atoms with Gasteiger partial charge in [-0.2, -0.15) is 0 Å². The Labute approximate surface area is 123 Å². The van der Waals surface area contributed by atoms with Crippen molar-refractivity contribution in [2.75, 3.05) is 5.32 Å². The van der Waals surface area contributed by atoms with Gasteiger partial charge in [0.15, 0.2) is 0 Å². The van der Waals surface area contributed by atoms with E-state index in [1.807, 2.05) is 12.1 Å². The maximum Gasteiger partial charge on any atom is 0.206 e. The van der Waals surface area contributed by atoms with Crippen LogP contribution in [0.2, 0.25) is 0 Å².